The van der Waals surface area contributed by atoms with Crippen LogP contribution in [0.15, 0.2) is 53.7 Å². The minimum atomic E-state index is -0.145. The van der Waals surface area contributed by atoms with Gasteiger partial charge in [0.05, 0.1) is 24.4 Å². The summed E-state index contributed by atoms with van der Waals surface area (Å²) < 4.78 is 7.11. The predicted octanol–water partition coefficient (Wildman–Crippen LogP) is 4.03. The summed E-state index contributed by atoms with van der Waals surface area (Å²) in [4.78, 5) is 12.3. The summed E-state index contributed by atoms with van der Waals surface area (Å²) in [5, 5.41) is 12.3. The van der Waals surface area contributed by atoms with E-state index < -0.39 is 0 Å². The van der Waals surface area contributed by atoms with Crippen molar-refractivity contribution in [1.29, 1.82) is 0 Å². The van der Waals surface area contributed by atoms with E-state index in [2.05, 4.69) is 15.5 Å². The van der Waals surface area contributed by atoms with Crippen molar-refractivity contribution in [1.82, 2.24) is 14.8 Å². The van der Waals surface area contributed by atoms with Gasteiger partial charge in [0.1, 0.15) is 11.6 Å². The van der Waals surface area contributed by atoms with Gasteiger partial charge in [0, 0.05) is 5.69 Å². The number of thioether (sulfide) groups is 1. The lowest BCUT2D eigenvalue weighted by Crippen LogP contribution is -2.15. The average Bonchev–Trinajstić information content (AvgIpc) is 3.01. The van der Waals surface area contributed by atoms with Crippen molar-refractivity contribution in [2.24, 2.45) is 0 Å². The smallest absolute Gasteiger partial charge is 0.234 e. The van der Waals surface area contributed by atoms with Crippen LogP contribution in [0, 0.1) is 6.92 Å². The Bertz CT molecular complexity index is 931. The summed E-state index contributed by atoms with van der Waals surface area (Å²) in [5.74, 6) is 1.45. The summed E-state index contributed by atoms with van der Waals surface area (Å²) in [6.45, 7) is 2.57. The number of amides is 1. The summed E-state index contributed by atoms with van der Waals surface area (Å²) in [6.07, 6.45) is 0. The maximum absolute atomic E-state index is 12.3. The van der Waals surface area contributed by atoms with Crippen LogP contribution >= 0.6 is 23.4 Å². The van der Waals surface area contributed by atoms with E-state index in [1.807, 2.05) is 41.8 Å². The fourth-order valence-corrected chi connectivity index (χ4v) is 3.53. The van der Waals surface area contributed by atoms with Crippen molar-refractivity contribution in [3.63, 3.8) is 0 Å². The molecule has 27 heavy (non-hydrogen) atoms. The van der Waals surface area contributed by atoms with Crippen molar-refractivity contribution in [3.05, 3.63) is 64.9 Å². The zero-order chi connectivity index (χ0) is 19.2. The normalized spacial score (nSPS) is 10.6. The van der Waals surface area contributed by atoms with Crippen LogP contribution in [-0.2, 0) is 11.3 Å². The summed E-state index contributed by atoms with van der Waals surface area (Å²) in [7, 11) is 1.55. The molecular weight excluding hydrogens is 384 g/mol. The second-order valence-corrected chi connectivity index (χ2v) is 7.14. The van der Waals surface area contributed by atoms with E-state index >= 15 is 0 Å². The third kappa shape index (κ3) is 5.02. The van der Waals surface area contributed by atoms with E-state index in [1.165, 1.54) is 11.8 Å². The highest BCUT2D eigenvalue weighted by atomic mass is 35.5. The molecule has 0 aliphatic carbocycles. The second-order valence-electron chi connectivity index (χ2n) is 5.79. The van der Waals surface area contributed by atoms with E-state index in [9.17, 15) is 4.79 Å². The first-order chi connectivity index (χ1) is 13.1. The minimum Gasteiger partial charge on any atom is -0.495 e. The van der Waals surface area contributed by atoms with Crippen LogP contribution in [0.4, 0.5) is 5.69 Å². The molecule has 0 radical (unpaired) electrons. The number of nitrogens with zero attached hydrogens (tertiary/aromatic N) is 3. The molecule has 0 spiro atoms. The van der Waals surface area contributed by atoms with Crippen molar-refractivity contribution in [2.75, 3.05) is 18.2 Å². The number of ether oxygens (including phenoxy) is 1. The topological polar surface area (TPSA) is 69.0 Å². The monoisotopic (exact) mass is 402 g/mol. The van der Waals surface area contributed by atoms with Crippen molar-refractivity contribution in [3.8, 4) is 5.75 Å². The first kappa shape index (κ1) is 19.3. The highest BCUT2D eigenvalue weighted by molar-refractivity contribution is 7.99. The Labute approximate surface area is 166 Å². The SMILES string of the molecule is COc1ccc(NC(=O)CSc2nnc(C)n2Cc2ccccc2)cc1Cl. The maximum atomic E-state index is 12.3. The standard InChI is InChI=1S/C19H19ClN4O2S/c1-13-22-23-19(24(13)11-14-6-4-3-5-7-14)27-12-18(25)21-15-8-9-17(26-2)16(20)10-15/h3-10H,11-12H2,1-2H3,(H,21,25). The molecule has 0 atom stereocenters. The number of methoxy groups -OCH3 is 1. The zero-order valence-electron chi connectivity index (χ0n) is 15.0. The number of hydrogen-bond acceptors (Lipinski definition) is 5. The number of hydrogen-bond donors (Lipinski definition) is 1. The van der Waals surface area contributed by atoms with Gasteiger partial charge in [-0.25, -0.2) is 0 Å². The van der Waals surface area contributed by atoms with Crippen LogP contribution < -0.4 is 10.1 Å². The molecule has 0 aliphatic heterocycles. The van der Waals surface area contributed by atoms with Gasteiger partial charge in [0.2, 0.25) is 5.91 Å². The summed E-state index contributed by atoms with van der Waals surface area (Å²) in [5.41, 5.74) is 1.77. The molecule has 0 saturated heterocycles. The van der Waals surface area contributed by atoms with Crippen LogP contribution in [0.3, 0.4) is 0 Å². The van der Waals surface area contributed by atoms with Gasteiger partial charge in [-0.05, 0) is 30.7 Å². The molecule has 140 valence electrons. The van der Waals surface area contributed by atoms with Crippen molar-refractivity contribution < 1.29 is 9.53 Å². The van der Waals surface area contributed by atoms with E-state index in [-0.39, 0.29) is 11.7 Å². The molecule has 1 N–H and O–H groups in total. The molecule has 0 unspecified atom stereocenters. The van der Waals surface area contributed by atoms with Crippen LogP contribution in [-0.4, -0.2) is 33.5 Å². The molecule has 1 aromatic heterocycles. The molecule has 3 aromatic rings. The number of rotatable bonds is 7. The van der Waals surface area contributed by atoms with Crippen LogP contribution in [0.5, 0.6) is 5.75 Å². The largest absolute Gasteiger partial charge is 0.495 e. The number of nitrogens with one attached hydrogen (secondary N) is 1. The first-order valence-electron chi connectivity index (χ1n) is 8.26. The molecule has 1 heterocycles. The number of aryl methyl sites for hydroxylation is 1. The lowest BCUT2D eigenvalue weighted by Gasteiger charge is -2.09. The molecule has 6 nitrogen and oxygen atoms in total. The molecule has 3 rings (SSSR count). The molecule has 0 saturated carbocycles. The van der Waals surface area contributed by atoms with Crippen LogP contribution in [0.25, 0.3) is 0 Å². The van der Waals surface area contributed by atoms with E-state index in [1.54, 1.807) is 25.3 Å². The fourth-order valence-electron chi connectivity index (χ4n) is 2.49. The van der Waals surface area contributed by atoms with Crippen LogP contribution in [0.1, 0.15) is 11.4 Å². The lowest BCUT2D eigenvalue weighted by molar-refractivity contribution is -0.113. The fraction of sp³-hybridized carbons (Fsp3) is 0.211. The van der Waals surface area contributed by atoms with Crippen molar-refractivity contribution in [2.45, 2.75) is 18.6 Å². The first-order valence-corrected chi connectivity index (χ1v) is 9.63. The Morgan fingerprint density at radius 2 is 2.00 bits per heavy atom. The van der Waals surface area contributed by atoms with Gasteiger partial charge < -0.3 is 14.6 Å². The van der Waals surface area contributed by atoms with Crippen molar-refractivity contribution >= 4 is 35.0 Å². The summed E-state index contributed by atoms with van der Waals surface area (Å²) >= 11 is 7.43. The molecule has 1 amide bonds. The Kier molecular flexibility index (Phi) is 6.36. The predicted molar refractivity (Wildman–Crippen MR) is 108 cm³/mol. The third-order valence-corrected chi connectivity index (χ3v) is 5.12. The van der Waals surface area contributed by atoms with E-state index in [0.29, 0.717) is 28.2 Å². The number of carbonyl (C=O) groups excluding carboxylic acids is 1. The Morgan fingerprint density at radius 1 is 1.22 bits per heavy atom. The number of anilines is 1. The van der Waals surface area contributed by atoms with Gasteiger partial charge in [0.25, 0.3) is 0 Å². The number of halogens is 1. The third-order valence-electron chi connectivity index (χ3n) is 3.85. The molecule has 2 aromatic carbocycles. The Balaban J connectivity index is 1.61. The quantitative estimate of drug-likeness (QED) is 0.604. The lowest BCUT2D eigenvalue weighted by atomic mass is 10.2. The molecule has 8 heteroatoms. The number of aromatic nitrogens is 3. The second kappa shape index (κ2) is 8.92. The molecule has 0 fully saturated rings. The van der Waals surface area contributed by atoms with Gasteiger partial charge in [-0.3, -0.25) is 4.79 Å². The Hall–Kier alpha value is -2.51. The van der Waals surface area contributed by atoms with E-state index in [0.717, 1.165) is 11.4 Å². The highest BCUT2D eigenvalue weighted by Gasteiger charge is 2.13. The number of carbonyl (C=O) groups is 1. The van der Waals surface area contributed by atoms with Gasteiger partial charge in [0.15, 0.2) is 5.16 Å². The van der Waals surface area contributed by atoms with Gasteiger partial charge in [-0.1, -0.05) is 53.7 Å². The molecule has 0 bridgehead atoms. The average molecular weight is 403 g/mol. The van der Waals surface area contributed by atoms with E-state index in [4.69, 9.17) is 16.3 Å². The molecule has 0 aliphatic rings. The molecular formula is C19H19ClN4O2S. The number of benzene rings is 2. The highest BCUT2D eigenvalue weighted by Crippen LogP contribution is 2.27. The maximum Gasteiger partial charge on any atom is 0.234 e. The van der Waals surface area contributed by atoms with Gasteiger partial charge >= 0.3 is 0 Å². The van der Waals surface area contributed by atoms with Crippen LogP contribution in [0.2, 0.25) is 5.02 Å². The summed E-state index contributed by atoms with van der Waals surface area (Å²) in [6, 6.07) is 15.2. The zero-order valence-corrected chi connectivity index (χ0v) is 16.5. The van der Waals surface area contributed by atoms with Gasteiger partial charge in [-0.15, -0.1) is 10.2 Å². The Morgan fingerprint density at radius 3 is 2.70 bits per heavy atom. The minimum absolute atomic E-state index is 0.145. The van der Waals surface area contributed by atoms with Gasteiger partial charge in [-0.2, -0.15) is 0 Å².